The molecule has 1 rings (SSSR count). The molecule has 0 heterocycles. The highest BCUT2D eigenvalue weighted by Gasteiger charge is 2.04. The zero-order valence-corrected chi connectivity index (χ0v) is 20.6. The Balaban J connectivity index is 1.95. The van der Waals surface area contributed by atoms with Crippen molar-refractivity contribution in [1.29, 1.82) is 0 Å². The normalized spacial score (nSPS) is 11.1. The van der Waals surface area contributed by atoms with Crippen LogP contribution in [0.1, 0.15) is 108 Å². The van der Waals surface area contributed by atoms with Gasteiger partial charge in [-0.25, -0.2) is 9.59 Å². The molecule has 0 saturated heterocycles. The third kappa shape index (κ3) is 15.7. The van der Waals surface area contributed by atoms with E-state index in [-0.39, 0.29) is 0 Å². The van der Waals surface area contributed by atoms with E-state index in [1.54, 1.807) is 12.1 Å². The summed E-state index contributed by atoms with van der Waals surface area (Å²) in [5, 5.41) is 0. The smallest absolute Gasteiger partial charge is 0.336 e. The number of unbranched alkanes of at least 4 members (excludes halogenated alkanes) is 13. The fraction of sp³-hybridized carbons (Fsp3) is 0.643. The summed E-state index contributed by atoms with van der Waals surface area (Å²) in [5.41, 5.74) is 2.04. The van der Waals surface area contributed by atoms with Crippen molar-refractivity contribution in [2.75, 3.05) is 6.61 Å². The second-order valence-electron chi connectivity index (χ2n) is 8.84. The molecule has 4 nitrogen and oxygen atoms in total. The van der Waals surface area contributed by atoms with Gasteiger partial charge in [0.2, 0.25) is 0 Å². The first-order valence-electron chi connectivity index (χ1n) is 12.7. The minimum Gasteiger partial charge on any atom is -0.463 e. The fourth-order valence-electron chi connectivity index (χ4n) is 3.80. The van der Waals surface area contributed by atoms with Crippen molar-refractivity contribution in [2.45, 2.75) is 111 Å². The average molecular weight is 445 g/mol. The summed E-state index contributed by atoms with van der Waals surface area (Å²) in [7, 11) is 0. The molecule has 4 heteroatoms. The Hall–Kier alpha value is -2.10. The molecule has 0 N–H and O–H groups in total. The van der Waals surface area contributed by atoms with E-state index in [0.29, 0.717) is 12.4 Å². The van der Waals surface area contributed by atoms with Gasteiger partial charge in [-0.3, -0.25) is 0 Å². The lowest BCUT2D eigenvalue weighted by Gasteiger charge is -2.05. The van der Waals surface area contributed by atoms with E-state index in [2.05, 4.69) is 6.92 Å². The van der Waals surface area contributed by atoms with E-state index in [1.165, 1.54) is 77.0 Å². The fourth-order valence-corrected chi connectivity index (χ4v) is 3.80. The number of hydrogen-bond donors (Lipinski definition) is 0. The van der Waals surface area contributed by atoms with Crippen LogP contribution in [-0.2, 0) is 14.3 Å². The van der Waals surface area contributed by atoms with Crippen molar-refractivity contribution in [3.05, 3.63) is 41.5 Å². The third-order valence-electron chi connectivity index (χ3n) is 5.51. The largest absolute Gasteiger partial charge is 0.463 e. The lowest BCUT2D eigenvalue weighted by Crippen LogP contribution is -2.07. The zero-order chi connectivity index (χ0) is 23.4. The van der Waals surface area contributed by atoms with Crippen LogP contribution in [0.4, 0.5) is 0 Å². The molecule has 32 heavy (non-hydrogen) atoms. The number of rotatable bonds is 18. The second kappa shape index (κ2) is 18.5. The van der Waals surface area contributed by atoms with Gasteiger partial charge in [-0.1, -0.05) is 96.5 Å². The van der Waals surface area contributed by atoms with Crippen LogP contribution in [0.15, 0.2) is 30.4 Å². The van der Waals surface area contributed by atoms with Gasteiger partial charge in [0, 0.05) is 12.2 Å². The molecule has 0 aliphatic rings. The molecule has 1 aromatic rings. The highest BCUT2D eigenvalue weighted by atomic mass is 16.5. The van der Waals surface area contributed by atoms with Crippen LogP contribution in [0.5, 0.6) is 5.75 Å². The van der Waals surface area contributed by atoms with E-state index in [9.17, 15) is 9.59 Å². The summed E-state index contributed by atoms with van der Waals surface area (Å²) in [6.07, 6.45) is 20.4. The Morgan fingerprint density at radius 3 is 1.59 bits per heavy atom. The van der Waals surface area contributed by atoms with E-state index in [4.69, 9.17) is 9.47 Å². The summed E-state index contributed by atoms with van der Waals surface area (Å²) < 4.78 is 10.4. The molecule has 0 unspecified atom stereocenters. The summed E-state index contributed by atoms with van der Waals surface area (Å²) in [6, 6.07) is 5.57. The van der Waals surface area contributed by atoms with Gasteiger partial charge in [-0.05, 0) is 43.5 Å². The van der Waals surface area contributed by atoms with Crippen molar-refractivity contribution in [2.24, 2.45) is 0 Å². The molecule has 0 fully saturated rings. The summed E-state index contributed by atoms with van der Waals surface area (Å²) in [6.45, 7) is 6.54. The van der Waals surface area contributed by atoms with Crippen LogP contribution in [0, 0.1) is 13.8 Å². The first kappa shape index (κ1) is 27.9. The van der Waals surface area contributed by atoms with Crippen LogP contribution < -0.4 is 4.74 Å². The van der Waals surface area contributed by atoms with Crippen LogP contribution in [0.3, 0.4) is 0 Å². The lowest BCUT2D eigenvalue weighted by molar-refractivity contribution is -0.138. The van der Waals surface area contributed by atoms with Gasteiger partial charge < -0.3 is 9.47 Å². The molecular weight excluding hydrogens is 400 g/mol. The van der Waals surface area contributed by atoms with Crippen LogP contribution in [0.2, 0.25) is 0 Å². The van der Waals surface area contributed by atoms with Gasteiger partial charge in [-0.15, -0.1) is 0 Å². The molecule has 0 amide bonds. The van der Waals surface area contributed by atoms with E-state index in [0.717, 1.165) is 36.1 Å². The second-order valence-corrected chi connectivity index (χ2v) is 8.84. The molecule has 1 aromatic carbocycles. The molecule has 0 spiro atoms. The minimum atomic E-state index is -0.580. The van der Waals surface area contributed by atoms with Crippen LogP contribution in [-0.4, -0.2) is 18.5 Å². The van der Waals surface area contributed by atoms with Gasteiger partial charge in [0.25, 0.3) is 0 Å². The van der Waals surface area contributed by atoms with Gasteiger partial charge in [0.15, 0.2) is 0 Å². The third-order valence-corrected chi connectivity index (χ3v) is 5.51. The summed E-state index contributed by atoms with van der Waals surface area (Å²) in [5.74, 6) is -0.603. The first-order chi connectivity index (χ1) is 15.5. The van der Waals surface area contributed by atoms with Crippen molar-refractivity contribution >= 4 is 11.9 Å². The van der Waals surface area contributed by atoms with Gasteiger partial charge in [-0.2, -0.15) is 0 Å². The molecule has 180 valence electrons. The molecule has 0 aromatic heterocycles. The van der Waals surface area contributed by atoms with Crippen LogP contribution in [0.25, 0.3) is 0 Å². The van der Waals surface area contributed by atoms with Crippen LogP contribution >= 0.6 is 0 Å². The maximum Gasteiger partial charge on any atom is 0.336 e. The summed E-state index contributed by atoms with van der Waals surface area (Å²) in [4.78, 5) is 23.6. The molecule has 0 saturated carbocycles. The Bertz CT molecular complexity index is 658. The number of carbonyl (C=O) groups is 2. The van der Waals surface area contributed by atoms with Crippen molar-refractivity contribution < 1.29 is 19.1 Å². The Morgan fingerprint density at radius 1 is 0.656 bits per heavy atom. The highest BCUT2D eigenvalue weighted by Crippen LogP contribution is 2.16. The number of aryl methyl sites for hydroxylation is 2. The first-order valence-corrected chi connectivity index (χ1v) is 12.7. The predicted octanol–water partition coefficient (Wildman–Crippen LogP) is 7.79. The standard InChI is InChI=1S/C28H44O4/c1-4-5-6-7-8-9-10-11-12-13-14-15-16-17-20-31-27(29)18-19-28(30)32-26-22-24(2)21-25(3)23-26/h18-19,21-23H,4-17,20H2,1-3H3/b19-18+. The molecule has 0 aliphatic heterocycles. The Morgan fingerprint density at radius 2 is 1.09 bits per heavy atom. The van der Waals surface area contributed by atoms with Crippen molar-refractivity contribution in [3.8, 4) is 5.75 Å². The molecule has 0 atom stereocenters. The predicted molar refractivity (Wildman–Crippen MR) is 132 cm³/mol. The SMILES string of the molecule is CCCCCCCCCCCCCCCCOC(=O)/C=C/C(=O)Oc1cc(C)cc(C)c1. The minimum absolute atomic E-state index is 0.396. The average Bonchev–Trinajstić information content (AvgIpc) is 2.74. The maximum absolute atomic E-state index is 11.8. The van der Waals surface area contributed by atoms with E-state index in [1.807, 2.05) is 19.9 Å². The van der Waals surface area contributed by atoms with Crippen molar-refractivity contribution in [3.63, 3.8) is 0 Å². The van der Waals surface area contributed by atoms with Gasteiger partial charge in [0.05, 0.1) is 6.61 Å². The number of hydrogen-bond acceptors (Lipinski definition) is 4. The number of benzene rings is 1. The molecular formula is C28H44O4. The van der Waals surface area contributed by atoms with Gasteiger partial charge in [0.1, 0.15) is 5.75 Å². The van der Waals surface area contributed by atoms with Gasteiger partial charge >= 0.3 is 11.9 Å². The lowest BCUT2D eigenvalue weighted by atomic mass is 10.0. The Kier molecular flexibility index (Phi) is 16.1. The summed E-state index contributed by atoms with van der Waals surface area (Å²) >= 11 is 0. The monoisotopic (exact) mass is 444 g/mol. The van der Waals surface area contributed by atoms with E-state index >= 15 is 0 Å². The number of ether oxygens (including phenoxy) is 2. The number of carbonyl (C=O) groups excluding carboxylic acids is 2. The number of esters is 2. The van der Waals surface area contributed by atoms with Crippen molar-refractivity contribution in [1.82, 2.24) is 0 Å². The molecule has 0 aliphatic carbocycles. The topological polar surface area (TPSA) is 52.6 Å². The van der Waals surface area contributed by atoms with E-state index < -0.39 is 11.9 Å². The quantitative estimate of drug-likeness (QED) is 0.100. The Labute approximate surface area is 195 Å². The molecule has 0 bridgehead atoms. The maximum atomic E-state index is 11.8. The molecule has 0 radical (unpaired) electrons. The zero-order valence-electron chi connectivity index (χ0n) is 20.6. The highest BCUT2D eigenvalue weighted by molar-refractivity contribution is 5.92.